The molecular formula is C44H70O14. The topological polar surface area (TPSA) is 214 Å². The zero-order chi connectivity index (χ0) is 42.2. The van der Waals surface area contributed by atoms with Crippen molar-refractivity contribution in [1.29, 1.82) is 0 Å². The molecule has 3 aliphatic heterocycles. The van der Waals surface area contributed by atoms with E-state index in [9.17, 15) is 40.5 Å². The lowest BCUT2D eigenvalue weighted by atomic mass is 9.32. The van der Waals surface area contributed by atoms with Gasteiger partial charge in [-0.3, -0.25) is 4.79 Å². The molecule has 0 aromatic heterocycles. The first-order chi connectivity index (χ1) is 27.1. The molecule has 0 aromatic rings. The van der Waals surface area contributed by atoms with Crippen molar-refractivity contribution >= 4 is 5.97 Å². The van der Waals surface area contributed by atoms with E-state index in [0.717, 1.165) is 45.4 Å². The van der Waals surface area contributed by atoms with Gasteiger partial charge in [-0.2, -0.15) is 0 Å². The highest BCUT2D eigenvalue weighted by Gasteiger charge is 2.79. The second-order valence-corrected chi connectivity index (χ2v) is 21.5. The zero-order valence-electron chi connectivity index (χ0n) is 35.6. The van der Waals surface area contributed by atoms with Gasteiger partial charge >= 0.3 is 5.97 Å². The molecule has 3 saturated heterocycles. The van der Waals surface area contributed by atoms with Crippen LogP contribution in [0.4, 0.5) is 0 Å². The van der Waals surface area contributed by atoms with Gasteiger partial charge in [-0.15, -0.1) is 0 Å². The van der Waals surface area contributed by atoms with E-state index in [0.29, 0.717) is 19.4 Å². The fourth-order valence-corrected chi connectivity index (χ4v) is 14.6. The van der Waals surface area contributed by atoms with E-state index in [2.05, 4.69) is 53.7 Å². The van der Waals surface area contributed by atoms with Crippen LogP contribution in [0.25, 0.3) is 0 Å². The van der Waals surface area contributed by atoms with Crippen molar-refractivity contribution in [3.63, 3.8) is 0 Å². The summed E-state index contributed by atoms with van der Waals surface area (Å²) in [6.45, 7) is 16.4. The third kappa shape index (κ3) is 5.89. The van der Waals surface area contributed by atoms with Crippen molar-refractivity contribution in [3.8, 4) is 0 Å². The molecular weight excluding hydrogens is 752 g/mol. The molecule has 4 saturated carbocycles. The van der Waals surface area contributed by atoms with E-state index >= 15 is 0 Å². The van der Waals surface area contributed by atoms with Gasteiger partial charge in [0.25, 0.3) is 0 Å². The minimum absolute atomic E-state index is 0.0223. The number of ether oxygens (including phenoxy) is 6. The van der Waals surface area contributed by atoms with Gasteiger partial charge in [-0.05, 0) is 86.4 Å². The number of esters is 1. The van der Waals surface area contributed by atoms with Crippen LogP contribution in [0.1, 0.15) is 107 Å². The van der Waals surface area contributed by atoms with Gasteiger partial charge in [0.2, 0.25) is 0 Å². The number of carbonyl (C=O) groups is 1. The first-order valence-corrected chi connectivity index (χ1v) is 21.8. The number of aliphatic hydroxyl groups excluding tert-OH is 7. The molecule has 3 heterocycles. The van der Waals surface area contributed by atoms with E-state index in [1.165, 1.54) is 0 Å². The minimum atomic E-state index is -1.69. The number of carbonyl (C=O) groups excluding carboxylic acids is 1. The lowest BCUT2D eigenvalue weighted by Gasteiger charge is -2.73. The zero-order valence-corrected chi connectivity index (χ0v) is 35.6. The largest absolute Gasteiger partial charge is 0.454 e. The monoisotopic (exact) mass is 822 g/mol. The first-order valence-electron chi connectivity index (χ1n) is 21.8. The van der Waals surface area contributed by atoms with Crippen molar-refractivity contribution in [1.82, 2.24) is 0 Å². The molecule has 2 bridgehead atoms. The number of fused-ring (bicyclic) bond motifs is 4. The summed E-state index contributed by atoms with van der Waals surface area (Å²) in [7, 11) is 0. The minimum Gasteiger partial charge on any atom is -0.454 e. The Kier molecular flexibility index (Phi) is 10.8. The second kappa shape index (κ2) is 14.4. The standard InChI is InChI=1S/C44H70O14/c1-22-30(49)34(58-37-35(55-23(2)47)32(51)31(50)24(19-45)56-37)33(52)36(54-22)57-29-11-12-39(5)25(40(29,6)20-46)9-13-41(7)26(39)10-14-44-27-17-38(3,4)15-16-43(27,21-53-44)28(48)18-42(41,44)8/h10,14,22,24-37,45-46,48-52H,9,11-13,15-21H2,1-8H3/t22-,24-,25-,26-,27-,28-,29+,30+,31-,32+,33-,34+,35-,36+,37+,39+,40+,41-,42+,43?,44?/m1/s1. The van der Waals surface area contributed by atoms with Crippen LogP contribution < -0.4 is 0 Å². The summed E-state index contributed by atoms with van der Waals surface area (Å²) in [6, 6.07) is 0. The molecule has 0 aromatic carbocycles. The van der Waals surface area contributed by atoms with Gasteiger partial charge in [0, 0.05) is 29.1 Å². The van der Waals surface area contributed by atoms with Gasteiger partial charge in [-0.25, -0.2) is 0 Å². The van der Waals surface area contributed by atoms with Crippen LogP contribution >= 0.6 is 0 Å². The molecule has 14 heteroatoms. The van der Waals surface area contributed by atoms with Gasteiger partial charge in [0.05, 0.1) is 43.7 Å². The Balaban J connectivity index is 1.05. The van der Waals surface area contributed by atoms with Crippen molar-refractivity contribution in [2.24, 2.45) is 50.2 Å². The highest BCUT2D eigenvalue weighted by atomic mass is 16.7. The Morgan fingerprint density at radius 1 is 0.793 bits per heavy atom. The normalized spacial score (nSPS) is 57.1. The number of allylic oxidation sites excluding steroid dienone is 1. The van der Waals surface area contributed by atoms with Gasteiger partial charge in [0.1, 0.15) is 36.6 Å². The molecule has 0 amide bonds. The third-order valence-corrected chi connectivity index (χ3v) is 18.2. The van der Waals surface area contributed by atoms with Gasteiger partial charge in [-0.1, -0.05) is 53.7 Å². The third-order valence-electron chi connectivity index (χ3n) is 18.2. The molecule has 2 unspecified atom stereocenters. The molecule has 7 N–H and O–H groups in total. The lowest BCUT2D eigenvalue weighted by Crippen LogP contribution is -2.72. The molecule has 58 heavy (non-hydrogen) atoms. The summed E-state index contributed by atoms with van der Waals surface area (Å²) in [5, 5.41) is 77.6. The number of rotatable bonds is 7. The second-order valence-electron chi connectivity index (χ2n) is 21.5. The van der Waals surface area contributed by atoms with E-state index in [-0.39, 0.29) is 51.4 Å². The highest BCUT2D eigenvalue weighted by molar-refractivity contribution is 5.66. The molecule has 5 aliphatic carbocycles. The van der Waals surface area contributed by atoms with Crippen molar-refractivity contribution in [2.75, 3.05) is 19.8 Å². The maximum absolute atomic E-state index is 12.2. The van der Waals surface area contributed by atoms with Crippen LogP contribution in [0, 0.1) is 50.2 Å². The molecule has 8 rings (SSSR count). The molecule has 7 fully saturated rings. The molecule has 330 valence electrons. The van der Waals surface area contributed by atoms with Crippen LogP contribution in [0.2, 0.25) is 0 Å². The van der Waals surface area contributed by atoms with Crippen LogP contribution in [0.5, 0.6) is 0 Å². The van der Waals surface area contributed by atoms with Crippen molar-refractivity contribution < 1.29 is 69.0 Å². The average Bonchev–Trinajstić information content (AvgIpc) is 3.44. The lowest BCUT2D eigenvalue weighted by molar-refractivity contribution is -0.368. The average molecular weight is 823 g/mol. The van der Waals surface area contributed by atoms with Crippen LogP contribution in [0.15, 0.2) is 12.2 Å². The number of aliphatic hydroxyl groups is 7. The quantitative estimate of drug-likeness (QED) is 0.112. The fourth-order valence-electron chi connectivity index (χ4n) is 14.6. The maximum Gasteiger partial charge on any atom is 0.303 e. The Bertz CT molecular complexity index is 1610. The summed E-state index contributed by atoms with van der Waals surface area (Å²) < 4.78 is 36.9. The van der Waals surface area contributed by atoms with E-state index in [1.807, 2.05) is 0 Å². The Morgan fingerprint density at radius 2 is 1.52 bits per heavy atom. The van der Waals surface area contributed by atoms with Crippen LogP contribution in [-0.2, 0) is 33.2 Å². The Labute approximate surface area is 342 Å². The van der Waals surface area contributed by atoms with E-state index in [4.69, 9.17) is 28.4 Å². The summed E-state index contributed by atoms with van der Waals surface area (Å²) in [5.41, 5.74) is -2.00. The van der Waals surface area contributed by atoms with Gasteiger partial charge in [0.15, 0.2) is 18.7 Å². The van der Waals surface area contributed by atoms with Crippen molar-refractivity contribution in [3.05, 3.63) is 12.2 Å². The summed E-state index contributed by atoms with van der Waals surface area (Å²) in [5.74, 6) is -0.382. The number of hydrogen-bond donors (Lipinski definition) is 7. The smallest absolute Gasteiger partial charge is 0.303 e. The summed E-state index contributed by atoms with van der Waals surface area (Å²) >= 11 is 0. The number of hydrogen-bond acceptors (Lipinski definition) is 14. The van der Waals surface area contributed by atoms with E-state index in [1.54, 1.807) is 6.92 Å². The van der Waals surface area contributed by atoms with Crippen LogP contribution in [-0.4, -0.2) is 141 Å². The van der Waals surface area contributed by atoms with Crippen LogP contribution in [0.3, 0.4) is 0 Å². The first kappa shape index (κ1) is 43.4. The Morgan fingerprint density at radius 3 is 2.19 bits per heavy atom. The highest BCUT2D eigenvalue weighted by Crippen LogP contribution is 2.79. The van der Waals surface area contributed by atoms with E-state index < -0.39 is 97.2 Å². The molecule has 0 radical (unpaired) electrons. The van der Waals surface area contributed by atoms with Crippen molar-refractivity contribution in [2.45, 2.75) is 186 Å². The fraction of sp³-hybridized carbons (Fsp3) is 0.932. The predicted octanol–water partition coefficient (Wildman–Crippen LogP) is 2.35. The summed E-state index contributed by atoms with van der Waals surface area (Å²) in [4.78, 5) is 12.0. The maximum atomic E-state index is 12.2. The van der Waals surface area contributed by atoms with Gasteiger partial charge < -0.3 is 64.2 Å². The molecule has 1 spiro atoms. The molecule has 14 nitrogen and oxygen atoms in total. The SMILES string of the molecule is CC(=O)O[C@H]1[C@H](O[C@H]2[C@@H](O)[C@@H](C)O[C@@H](O[C@H]3CC[C@@]4(C)[C@@H](CC[C@]5(C)[C@@H]4C=CC46OCC7(CCC(C)(C)C[C@H]74)[C@H](O)C[C@]65C)[C@]3(C)CO)[C@@H]2O)O[C@H](CO)[C@@H](O)[C@@H]1O. The predicted molar refractivity (Wildman–Crippen MR) is 206 cm³/mol. The molecule has 21 atom stereocenters. The summed E-state index contributed by atoms with van der Waals surface area (Å²) in [6.07, 6.45) is -3.57. The Hall–Kier alpha value is -1.27. The molecule has 8 aliphatic rings.